The van der Waals surface area contributed by atoms with E-state index in [0.717, 1.165) is 22.2 Å². The van der Waals surface area contributed by atoms with Crippen LogP contribution < -0.4 is 5.73 Å². The third-order valence-corrected chi connectivity index (χ3v) is 3.13. The number of halogens is 1. The Balaban J connectivity index is 2.55. The molecule has 0 saturated carbocycles. The van der Waals surface area contributed by atoms with Crippen LogP contribution in [0.25, 0.3) is 11.3 Å². The number of nitrogen functional groups attached to an aromatic ring is 1. The molecule has 1 aromatic carbocycles. The molecule has 0 aliphatic rings. The molecule has 0 radical (unpaired) electrons. The molecule has 2 N–H and O–H groups in total. The van der Waals surface area contributed by atoms with E-state index in [0.29, 0.717) is 5.82 Å². The second-order valence-electron chi connectivity index (χ2n) is 3.73. The van der Waals surface area contributed by atoms with Crippen molar-refractivity contribution in [3.63, 3.8) is 0 Å². The molecule has 2 aromatic rings. The third-order valence-electron chi connectivity index (χ3n) is 2.64. The van der Waals surface area contributed by atoms with Crippen molar-refractivity contribution in [2.75, 3.05) is 5.73 Å². The highest BCUT2D eigenvalue weighted by molar-refractivity contribution is 9.10. The maximum Gasteiger partial charge on any atom is 0.121 e. The van der Waals surface area contributed by atoms with Gasteiger partial charge in [0.15, 0.2) is 0 Å². The van der Waals surface area contributed by atoms with Crippen LogP contribution in [0.2, 0.25) is 0 Å². The summed E-state index contributed by atoms with van der Waals surface area (Å²) in [5, 5.41) is 4.40. The smallest absolute Gasteiger partial charge is 0.121 e. The van der Waals surface area contributed by atoms with Gasteiger partial charge >= 0.3 is 0 Å². The zero-order valence-corrected chi connectivity index (χ0v) is 11.0. The van der Waals surface area contributed by atoms with Crippen LogP contribution in [0.15, 0.2) is 28.7 Å². The van der Waals surface area contributed by atoms with Gasteiger partial charge < -0.3 is 5.73 Å². The van der Waals surface area contributed by atoms with Crippen LogP contribution in [0.3, 0.4) is 0 Å². The van der Waals surface area contributed by atoms with Crippen molar-refractivity contribution in [3.05, 3.63) is 34.3 Å². The maximum atomic E-state index is 5.79. The van der Waals surface area contributed by atoms with E-state index in [-0.39, 0.29) is 0 Å². The average Bonchev–Trinajstić information content (AvgIpc) is 2.59. The van der Waals surface area contributed by atoms with Crippen LogP contribution in [0.1, 0.15) is 12.5 Å². The fraction of sp³-hybridized carbons (Fsp3) is 0.250. The van der Waals surface area contributed by atoms with Gasteiger partial charge in [0, 0.05) is 23.2 Å². The van der Waals surface area contributed by atoms with Gasteiger partial charge in [-0.1, -0.05) is 28.9 Å². The van der Waals surface area contributed by atoms with Crippen molar-refractivity contribution in [1.29, 1.82) is 0 Å². The Morgan fingerprint density at radius 3 is 2.69 bits per heavy atom. The minimum Gasteiger partial charge on any atom is -0.384 e. The Morgan fingerprint density at radius 2 is 2.12 bits per heavy atom. The largest absolute Gasteiger partial charge is 0.384 e. The predicted molar refractivity (Wildman–Crippen MR) is 70.1 cm³/mol. The van der Waals surface area contributed by atoms with E-state index in [4.69, 9.17) is 5.73 Å². The number of benzene rings is 1. The molecule has 1 aromatic heterocycles. The Labute approximate surface area is 103 Å². The van der Waals surface area contributed by atoms with E-state index in [9.17, 15) is 0 Å². The molecule has 0 bridgehead atoms. The highest BCUT2D eigenvalue weighted by atomic mass is 79.9. The number of aryl methyl sites for hydroxylation is 2. The van der Waals surface area contributed by atoms with Crippen LogP contribution in [0, 0.1) is 0 Å². The van der Waals surface area contributed by atoms with E-state index in [1.165, 1.54) is 5.56 Å². The molecule has 84 valence electrons. The molecule has 2 rings (SSSR count). The molecule has 0 fully saturated rings. The zero-order chi connectivity index (χ0) is 11.7. The Hall–Kier alpha value is -1.29. The second-order valence-corrected chi connectivity index (χ2v) is 4.65. The summed E-state index contributed by atoms with van der Waals surface area (Å²) in [4.78, 5) is 0. The van der Waals surface area contributed by atoms with Gasteiger partial charge in [0.1, 0.15) is 5.82 Å². The molecule has 0 unspecified atom stereocenters. The third kappa shape index (κ3) is 1.97. The monoisotopic (exact) mass is 279 g/mol. The van der Waals surface area contributed by atoms with E-state index in [1.807, 2.05) is 19.2 Å². The minimum atomic E-state index is 0.681. The molecule has 0 aliphatic carbocycles. The van der Waals surface area contributed by atoms with Crippen molar-refractivity contribution in [2.45, 2.75) is 13.3 Å². The average molecular weight is 280 g/mol. The van der Waals surface area contributed by atoms with Crippen LogP contribution in [0.4, 0.5) is 5.82 Å². The van der Waals surface area contributed by atoms with Crippen molar-refractivity contribution in [2.24, 2.45) is 7.05 Å². The highest BCUT2D eigenvalue weighted by Gasteiger charge is 2.09. The highest BCUT2D eigenvalue weighted by Crippen LogP contribution is 2.27. The van der Waals surface area contributed by atoms with Gasteiger partial charge in [-0.25, -0.2) is 0 Å². The van der Waals surface area contributed by atoms with Crippen LogP contribution in [0.5, 0.6) is 0 Å². The summed E-state index contributed by atoms with van der Waals surface area (Å²) in [5.74, 6) is 0.681. The number of aromatic nitrogens is 2. The van der Waals surface area contributed by atoms with Crippen molar-refractivity contribution in [1.82, 2.24) is 9.78 Å². The number of nitrogens with zero attached hydrogens (tertiary/aromatic N) is 2. The lowest BCUT2D eigenvalue weighted by atomic mass is 10.0. The van der Waals surface area contributed by atoms with Crippen LogP contribution >= 0.6 is 15.9 Å². The fourth-order valence-corrected chi connectivity index (χ4v) is 2.13. The fourth-order valence-electron chi connectivity index (χ4n) is 1.72. The molecule has 0 aliphatic heterocycles. The van der Waals surface area contributed by atoms with Gasteiger partial charge in [-0.3, -0.25) is 4.68 Å². The summed E-state index contributed by atoms with van der Waals surface area (Å²) >= 11 is 3.48. The lowest BCUT2D eigenvalue weighted by Crippen LogP contribution is -1.96. The van der Waals surface area contributed by atoms with E-state index >= 15 is 0 Å². The minimum absolute atomic E-state index is 0.681. The first kappa shape index (κ1) is 11.2. The molecule has 0 spiro atoms. The lowest BCUT2D eigenvalue weighted by Gasteiger charge is -2.05. The van der Waals surface area contributed by atoms with Crippen molar-refractivity contribution in [3.8, 4) is 11.3 Å². The van der Waals surface area contributed by atoms with Gasteiger partial charge in [0.05, 0.1) is 5.69 Å². The Morgan fingerprint density at radius 1 is 1.38 bits per heavy atom. The summed E-state index contributed by atoms with van der Waals surface area (Å²) in [5.41, 5.74) is 9.15. The number of anilines is 1. The van der Waals surface area contributed by atoms with Gasteiger partial charge in [0.25, 0.3) is 0 Å². The number of nitrogens with two attached hydrogens (primary N) is 1. The van der Waals surface area contributed by atoms with E-state index in [1.54, 1.807) is 4.68 Å². The standard InChI is InChI=1S/C12H14BrN3/c1-3-8-6-9(13)4-5-10(8)11-7-12(14)16(2)15-11/h4-7H,3,14H2,1-2H3. The Bertz CT molecular complexity index is 497. The molecule has 1 heterocycles. The predicted octanol–water partition coefficient (Wildman–Crippen LogP) is 2.99. The quantitative estimate of drug-likeness (QED) is 0.919. The number of hydrogen-bond donors (Lipinski definition) is 1. The Kier molecular flexibility index (Phi) is 3.01. The first-order valence-corrected chi connectivity index (χ1v) is 5.99. The van der Waals surface area contributed by atoms with E-state index < -0.39 is 0 Å². The first-order valence-electron chi connectivity index (χ1n) is 5.20. The molecule has 16 heavy (non-hydrogen) atoms. The van der Waals surface area contributed by atoms with Gasteiger partial charge in [-0.2, -0.15) is 5.10 Å². The van der Waals surface area contributed by atoms with Crippen molar-refractivity contribution >= 4 is 21.7 Å². The van der Waals surface area contributed by atoms with Crippen LogP contribution in [-0.2, 0) is 13.5 Å². The second kappa shape index (κ2) is 4.29. The van der Waals surface area contributed by atoms with Gasteiger partial charge in [-0.05, 0) is 24.1 Å². The summed E-state index contributed by atoms with van der Waals surface area (Å²) in [6, 6.07) is 8.13. The maximum absolute atomic E-state index is 5.79. The molecule has 0 saturated heterocycles. The normalized spacial score (nSPS) is 10.7. The number of rotatable bonds is 2. The summed E-state index contributed by atoms with van der Waals surface area (Å²) in [7, 11) is 1.85. The molecular formula is C12H14BrN3. The SMILES string of the molecule is CCc1cc(Br)ccc1-c1cc(N)n(C)n1. The zero-order valence-electron chi connectivity index (χ0n) is 9.37. The summed E-state index contributed by atoms with van der Waals surface area (Å²) in [6.45, 7) is 2.14. The molecule has 0 amide bonds. The van der Waals surface area contributed by atoms with Crippen molar-refractivity contribution < 1.29 is 0 Å². The van der Waals surface area contributed by atoms with Gasteiger partial charge in [0.2, 0.25) is 0 Å². The summed E-state index contributed by atoms with van der Waals surface area (Å²) in [6.07, 6.45) is 0.977. The molecule has 3 nitrogen and oxygen atoms in total. The molecule has 0 atom stereocenters. The summed E-state index contributed by atoms with van der Waals surface area (Å²) < 4.78 is 2.79. The number of hydrogen-bond acceptors (Lipinski definition) is 2. The topological polar surface area (TPSA) is 43.8 Å². The first-order chi connectivity index (χ1) is 7.61. The lowest BCUT2D eigenvalue weighted by molar-refractivity contribution is 0.782. The molecular weight excluding hydrogens is 266 g/mol. The van der Waals surface area contributed by atoms with E-state index in [2.05, 4.69) is 40.1 Å². The van der Waals surface area contributed by atoms with Gasteiger partial charge in [-0.15, -0.1) is 0 Å². The van der Waals surface area contributed by atoms with Crippen LogP contribution in [-0.4, -0.2) is 9.78 Å². The molecule has 4 heteroatoms.